The molecule has 0 saturated carbocycles. The number of aryl methyl sites for hydroxylation is 2. The van der Waals surface area contributed by atoms with Gasteiger partial charge in [0.2, 0.25) is 10.0 Å². The van der Waals surface area contributed by atoms with E-state index in [-0.39, 0.29) is 10.5 Å². The van der Waals surface area contributed by atoms with Crippen molar-refractivity contribution in [1.29, 1.82) is 0 Å². The molecule has 0 aliphatic heterocycles. The first-order valence-corrected chi connectivity index (χ1v) is 8.75. The number of carbonyl (C=O) groups excluding carboxylic acids is 2. The van der Waals surface area contributed by atoms with Crippen molar-refractivity contribution in [2.24, 2.45) is 7.05 Å². The molecule has 0 saturated heterocycles. The molecule has 1 heterocycles. The van der Waals surface area contributed by atoms with Crippen LogP contribution in [-0.2, 0) is 21.9 Å². The van der Waals surface area contributed by atoms with E-state index in [0.717, 1.165) is 9.87 Å². The number of amides is 2. The number of aromatic nitrogens is 2. The van der Waals surface area contributed by atoms with E-state index >= 15 is 0 Å². The number of benzene rings is 1. The van der Waals surface area contributed by atoms with Gasteiger partial charge in [0.15, 0.2) is 0 Å². The van der Waals surface area contributed by atoms with Crippen LogP contribution in [0.3, 0.4) is 0 Å². The number of hydrogen-bond donors (Lipinski definition) is 2. The lowest BCUT2D eigenvalue weighted by molar-refractivity contribution is -0.121. The first-order valence-electron chi connectivity index (χ1n) is 7.31. The van der Waals surface area contributed by atoms with Gasteiger partial charge >= 0.3 is 0 Å². The minimum Gasteiger partial charge on any atom is -0.275 e. The zero-order chi connectivity index (χ0) is 18.6. The Morgan fingerprint density at radius 1 is 1.20 bits per heavy atom. The van der Waals surface area contributed by atoms with Crippen LogP contribution < -0.4 is 10.9 Å². The summed E-state index contributed by atoms with van der Waals surface area (Å²) in [5, 5.41) is 3.84. The largest absolute Gasteiger partial charge is 0.275 e. The van der Waals surface area contributed by atoms with Crippen molar-refractivity contribution in [3.05, 3.63) is 47.8 Å². The summed E-state index contributed by atoms with van der Waals surface area (Å²) in [6.45, 7) is 1.40. The third-order valence-electron chi connectivity index (χ3n) is 3.38. The molecule has 0 spiro atoms. The average Bonchev–Trinajstić information content (AvgIpc) is 2.99. The van der Waals surface area contributed by atoms with Crippen molar-refractivity contribution in [2.75, 3.05) is 13.6 Å². The molecule has 0 unspecified atom stereocenters. The summed E-state index contributed by atoms with van der Waals surface area (Å²) in [5.74, 6) is -1.22. The van der Waals surface area contributed by atoms with Crippen molar-refractivity contribution in [3.8, 4) is 0 Å². The van der Waals surface area contributed by atoms with E-state index in [9.17, 15) is 18.0 Å². The van der Waals surface area contributed by atoms with Crippen LogP contribution in [0.15, 0.2) is 41.6 Å². The highest BCUT2D eigenvalue weighted by Crippen LogP contribution is 2.14. The Hall–Kier alpha value is -2.72. The number of hydrazine groups is 1. The average molecular weight is 365 g/mol. The van der Waals surface area contributed by atoms with E-state index in [1.165, 1.54) is 36.3 Å². The molecule has 2 N–H and O–H groups in total. The van der Waals surface area contributed by atoms with Gasteiger partial charge in [-0.3, -0.25) is 25.1 Å². The van der Waals surface area contributed by atoms with Gasteiger partial charge in [0.05, 0.1) is 23.2 Å². The number of nitrogens with zero attached hydrogens (tertiary/aromatic N) is 3. The smallest absolute Gasteiger partial charge is 0.272 e. The van der Waals surface area contributed by atoms with Crippen LogP contribution in [0.2, 0.25) is 0 Å². The Kier molecular flexibility index (Phi) is 5.55. The summed E-state index contributed by atoms with van der Waals surface area (Å²) in [4.78, 5) is 23.8. The minimum absolute atomic E-state index is 0.0906. The Labute approximate surface area is 145 Å². The van der Waals surface area contributed by atoms with Crippen LogP contribution in [0.5, 0.6) is 0 Å². The Bertz CT molecular complexity index is 874. The van der Waals surface area contributed by atoms with Gasteiger partial charge in [0.25, 0.3) is 11.8 Å². The highest BCUT2D eigenvalue weighted by molar-refractivity contribution is 7.89. The molecule has 10 heteroatoms. The molecule has 0 bridgehead atoms. The fourth-order valence-electron chi connectivity index (χ4n) is 1.95. The maximum Gasteiger partial charge on any atom is 0.272 e. The molecule has 2 rings (SSSR count). The van der Waals surface area contributed by atoms with Crippen LogP contribution in [-0.4, -0.2) is 47.9 Å². The lowest BCUT2D eigenvalue weighted by Crippen LogP contribution is -2.46. The highest BCUT2D eigenvalue weighted by atomic mass is 32.2. The van der Waals surface area contributed by atoms with Crippen LogP contribution in [0.25, 0.3) is 0 Å². The Morgan fingerprint density at radius 2 is 1.84 bits per heavy atom. The summed E-state index contributed by atoms with van der Waals surface area (Å²) in [7, 11) is -0.849. The van der Waals surface area contributed by atoms with Gasteiger partial charge in [0.1, 0.15) is 0 Å². The minimum atomic E-state index is -3.79. The van der Waals surface area contributed by atoms with Gasteiger partial charge in [-0.2, -0.15) is 9.40 Å². The molecular weight excluding hydrogens is 346 g/mol. The third kappa shape index (κ3) is 4.64. The molecule has 0 radical (unpaired) electrons. The van der Waals surface area contributed by atoms with Crippen LogP contribution in [0.4, 0.5) is 0 Å². The van der Waals surface area contributed by atoms with Crippen molar-refractivity contribution in [3.63, 3.8) is 0 Å². The molecule has 0 aliphatic rings. The number of rotatable bonds is 5. The molecule has 0 aliphatic carbocycles. The normalized spacial score (nSPS) is 11.4. The monoisotopic (exact) mass is 365 g/mol. The fourth-order valence-corrected chi connectivity index (χ4v) is 3.08. The molecule has 9 nitrogen and oxygen atoms in total. The lowest BCUT2D eigenvalue weighted by atomic mass is 10.2. The van der Waals surface area contributed by atoms with E-state index in [0.29, 0.717) is 0 Å². The van der Waals surface area contributed by atoms with Gasteiger partial charge < -0.3 is 0 Å². The predicted octanol–water partition coefficient (Wildman–Crippen LogP) is -0.190. The summed E-state index contributed by atoms with van der Waals surface area (Å²) in [6, 6.07) is 6.30. The van der Waals surface area contributed by atoms with Crippen molar-refractivity contribution >= 4 is 21.8 Å². The predicted molar refractivity (Wildman–Crippen MR) is 89.8 cm³/mol. The zero-order valence-corrected chi connectivity index (χ0v) is 14.9. The summed E-state index contributed by atoms with van der Waals surface area (Å²) >= 11 is 0. The lowest BCUT2D eigenvalue weighted by Gasteiger charge is -2.17. The van der Waals surface area contributed by atoms with Crippen molar-refractivity contribution in [2.45, 2.75) is 11.8 Å². The van der Waals surface area contributed by atoms with E-state index < -0.39 is 28.4 Å². The molecule has 1 aromatic carbocycles. The van der Waals surface area contributed by atoms with Gasteiger partial charge in [-0.15, -0.1) is 0 Å². The molecule has 0 atom stereocenters. The van der Waals surface area contributed by atoms with E-state index in [2.05, 4.69) is 16.0 Å². The number of carbonyl (C=O) groups is 2. The molecule has 2 amide bonds. The molecular formula is C15H19N5O4S. The van der Waals surface area contributed by atoms with Crippen molar-refractivity contribution in [1.82, 2.24) is 24.9 Å². The summed E-state index contributed by atoms with van der Waals surface area (Å²) in [6.07, 6.45) is 2.82. The standard InChI is InChI=1S/C15H19N5O4S/c1-11-4-6-13(7-5-11)25(23,24)20(3)10-14(21)17-18-15(22)12-8-16-19(2)9-12/h4-9H,10H2,1-3H3,(H,17,21)(H,18,22). The van der Waals surface area contributed by atoms with E-state index in [4.69, 9.17) is 0 Å². The second-order valence-corrected chi connectivity index (χ2v) is 7.52. The van der Waals surface area contributed by atoms with Gasteiger partial charge in [-0.25, -0.2) is 8.42 Å². The molecule has 2 aromatic rings. The first kappa shape index (κ1) is 18.6. The topological polar surface area (TPSA) is 113 Å². The molecule has 0 fully saturated rings. The van der Waals surface area contributed by atoms with Crippen LogP contribution in [0, 0.1) is 6.92 Å². The maximum atomic E-state index is 12.4. The van der Waals surface area contributed by atoms with Gasteiger partial charge in [-0.05, 0) is 19.1 Å². The number of nitrogens with one attached hydrogen (secondary N) is 2. The Balaban J connectivity index is 1.93. The zero-order valence-electron chi connectivity index (χ0n) is 14.1. The molecule has 134 valence electrons. The molecule has 25 heavy (non-hydrogen) atoms. The third-order valence-corrected chi connectivity index (χ3v) is 5.20. The highest BCUT2D eigenvalue weighted by Gasteiger charge is 2.23. The van der Waals surface area contributed by atoms with E-state index in [1.807, 2.05) is 6.92 Å². The number of hydrogen-bond acceptors (Lipinski definition) is 5. The maximum absolute atomic E-state index is 12.4. The van der Waals surface area contributed by atoms with E-state index in [1.54, 1.807) is 19.2 Å². The fraction of sp³-hybridized carbons (Fsp3) is 0.267. The first-order chi connectivity index (χ1) is 11.7. The molecule has 1 aromatic heterocycles. The second-order valence-electron chi connectivity index (χ2n) is 5.48. The quantitative estimate of drug-likeness (QED) is 0.713. The van der Waals surface area contributed by atoms with Crippen molar-refractivity contribution < 1.29 is 18.0 Å². The van der Waals surface area contributed by atoms with Gasteiger partial charge in [-0.1, -0.05) is 17.7 Å². The van der Waals surface area contributed by atoms with Crippen LogP contribution >= 0.6 is 0 Å². The van der Waals surface area contributed by atoms with Gasteiger partial charge in [0, 0.05) is 20.3 Å². The number of sulfonamides is 1. The summed E-state index contributed by atoms with van der Waals surface area (Å²) < 4.78 is 27.1. The Morgan fingerprint density at radius 3 is 2.40 bits per heavy atom. The summed E-state index contributed by atoms with van der Waals surface area (Å²) in [5.41, 5.74) is 5.57. The van der Waals surface area contributed by atoms with Crippen LogP contribution in [0.1, 0.15) is 15.9 Å². The second kappa shape index (κ2) is 7.45. The number of likely N-dealkylation sites (N-methyl/N-ethyl adjacent to an activating group) is 1. The SMILES string of the molecule is Cc1ccc(S(=O)(=O)N(C)CC(=O)NNC(=O)c2cnn(C)c2)cc1.